The summed E-state index contributed by atoms with van der Waals surface area (Å²) in [5.74, 6) is 7.44. The highest BCUT2D eigenvalue weighted by atomic mass is 32.2. The van der Waals surface area contributed by atoms with Crippen LogP contribution >= 0.6 is 11.8 Å². The molecular weight excluding hydrogens is 396 g/mol. The number of nitrogens with two attached hydrogens (primary N) is 1. The van der Waals surface area contributed by atoms with Crippen molar-refractivity contribution in [3.05, 3.63) is 70.3 Å². The molecule has 0 fully saturated rings. The maximum absolute atomic E-state index is 12.3. The molecule has 0 radical (unpaired) electrons. The third-order valence-electron chi connectivity index (χ3n) is 4.97. The molecule has 7 nitrogen and oxygen atoms in total. The molecule has 8 heteroatoms. The van der Waals surface area contributed by atoms with Gasteiger partial charge in [0.05, 0.1) is 16.2 Å². The van der Waals surface area contributed by atoms with Gasteiger partial charge in [0.1, 0.15) is 5.82 Å². The lowest BCUT2D eigenvalue weighted by atomic mass is 9.87. The molecule has 2 aromatic heterocycles. The Morgan fingerprint density at radius 1 is 1.07 bits per heavy atom. The first-order valence-corrected chi connectivity index (χ1v) is 10.6. The summed E-state index contributed by atoms with van der Waals surface area (Å²) in [6.45, 7) is 8.47. The highest BCUT2D eigenvalue weighted by molar-refractivity contribution is 7.99. The van der Waals surface area contributed by atoms with E-state index in [1.165, 1.54) is 22.0 Å². The van der Waals surface area contributed by atoms with Crippen LogP contribution in [-0.2, 0) is 5.41 Å². The molecule has 4 aromatic rings. The zero-order valence-corrected chi connectivity index (χ0v) is 18.2. The van der Waals surface area contributed by atoms with Gasteiger partial charge in [-0.25, -0.2) is 9.66 Å². The van der Waals surface area contributed by atoms with Gasteiger partial charge in [-0.2, -0.15) is 0 Å². The Morgan fingerprint density at radius 3 is 2.47 bits per heavy atom. The molecule has 2 aromatic carbocycles. The van der Waals surface area contributed by atoms with Crippen molar-refractivity contribution < 1.29 is 0 Å². The fourth-order valence-corrected chi connectivity index (χ4v) is 4.01. The van der Waals surface area contributed by atoms with Gasteiger partial charge in [-0.3, -0.25) is 4.79 Å². The SMILES string of the molecule is C[C@@H](Sc1nnc(-c2ccc(C(C)(C)C)cc2)n1N)c1nc2ccccc2c(=O)[nH]1. The van der Waals surface area contributed by atoms with Crippen molar-refractivity contribution in [1.82, 2.24) is 24.8 Å². The van der Waals surface area contributed by atoms with Gasteiger partial charge >= 0.3 is 0 Å². The summed E-state index contributed by atoms with van der Waals surface area (Å²) in [5.41, 5.74) is 2.72. The molecule has 1 atom stereocenters. The van der Waals surface area contributed by atoms with E-state index in [9.17, 15) is 4.79 Å². The number of aromatic nitrogens is 5. The van der Waals surface area contributed by atoms with E-state index >= 15 is 0 Å². The van der Waals surface area contributed by atoms with Gasteiger partial charge in [0, 0.05) is 5.56 Å². The fourth-order valence-electron chi connectivity index (χ4n) is 3.18. The maximum atomic E-state index is 12.3. The lowest BCUT2D eigenvalue weighted by Gasteiger charge is -2.19. The number of rotatable bonds is 4. The Hall–Kier alpha value is -3.13. The summed E-state index contributed by atoms with van der Waals surface area (Å²) in [6.07, 6.45) is 0. The predicted molar refractivity (Wildman–Crippen MR) is 121 cm³/mol. The fraction of sp³-hybridized carbons (Fsp3) is 0.273. The summed E-state index contributed by atoms with van der Waals surface area (Å²) in [4.78, 5) is 19.8. The minimum atomic E-state index is -0.162. The minimum Gasteiger partial charge on any atom is -0.335 e. The molecule has 0 saturated heterocycles. The molecule has 0 unspecified atom stereocenters. The third-order valence-corrected chi connectivity index (χ3v) is 6.04. The van der Waals surface area contributed by atoms with E-state index in [1.54, 1.807) is 6.07 Å². The smallest absolute Gasteiger partial charge is 0.258 e. The number of H-pyrrole nitrogens is 1. The van der Waals surface area contributed by atoms with E-state index in [1.807, 2.05) is 37.3 Å². The van der Waals surface area contributed by atoms with Crippen LogP contribution in [0.25, 0.3) is 22.3 Å². The van der Waals surface area contributed by atoms with Crippen molar-refractivity contribution in [2.75, 3.05) is 5.84 Å². The third kappa shape index (κ3) is 3.82. The first-order chi connectivity index (χ1) is 14.2. The molecule has 3 N–H and O–H groups in total. The van der Waals surface area contributed by atoms with Gasteiger partial charge in [0.2, 0.25) is 5.16 Å². The minimum absolute atomic E-state index is 0.0785. The number of nitrogens with one attached hydrogen (secondary N) is 1. The molecule has 0 saturated carbocycles. The van der Waals surface area contributed by atoms with Crippen molar-refractivity contribution in [3.63, 3.8) is 0 Å². The van der Waals surface area contributed by atoms with Crippen molar-refractivity contribution in [2.24, 2.45) is 0 Å². The Balaban J connectivity index is 1.59. The monoisotopic (exact) mass is 420 g/mol. The Morgan fingerprint density at radius 2 is 1.77 bits per heavy atom. The molecule has 2 heterocycles. The molecule has 0 aliphatic rings. The van der Waals surface area contributed by atoms with E-state index in [-0.39, 0.29) is 16.2 Å². The van der Waals surface area contributed by atoms with Crippen LogP contribution in [0.15, 0.2) is 58.5 Å². The van der Waals surface area contributed by atoms with E-state index in [0.717, 1.165) is 5.56 Å². The van der Waals surface area contributed by atoms with Crippen LogP contribution in [-0.4, -0.2) is 24.8 Å². The molecule has 4 rings (SSSR count). The molecule has 0 bridgehead atoms. The quantitative estimate of drug-likeness (QED) is 0.381. The number of hydrogen-bond donors (Lipinski definition) is 2. The number of fused-ring (bicyclic) bond motifs is 1. The van der Waals surface area contributed by atoms with Gasteiger partial charge in [-0.1, -0.05) is 68.9 Å². The second-order valence-corrected chi connectivity index (χ2v) is 9.54. The van der Waals surface area contributed by atoms with E-state index in [0.29, 0.717) is 27.7 Å². The zero-order chi connectivity index (χ0) is 21.5. The second kappa shape index (κ2) is 7.60. The van der Waals surface area contributed by atoms with Crippen LogP contribution in [0.1, 0.15) is 44.3 Å². The molecule has 0 amide bonds. The Kier molecular flexibility index (Phi) is 5.11. The van der Waals surface area contributed by atoms with Crippen LogP contribution in [0, 0.1) is 0 Å². The predicted octanol–water partition coefficient (Wildman–Crippen LogP) is 4.05. The van der Waals surface area contributed by atoms with Crippen LogP contribution in [0.3, 0.4) is 0 Å². The zero-order valence-electron chi connectivity index (χ0n) is 17.4. The first-order valence-electron chi connectivity index (χ1n) is 9.71. The van der Waals surface area contributed by atoms with Gasteiger partial charge in [-0.15, -0.1) is 10.2 Å². The molecule has 154 valence electrons. The molecular formula is C22H24N6OS. The van der Waals surface area contributed by atoms with Crippen molar-refractivity contribution >= 4 is 22.7 Å². The number of hydrogen-bond acceptors (Lipinski definition) is 6. The van der Waals surface area contributed by atoms with Crippen LogP contribution in [0.2, 0.25) is 0 Å². The first kappa shape index (κ1) is 20.2. The van der Waals surface area contributed by atoms with E-state index in [4.69, 9.17) is 5.84 Å². The van der Waals surface area contributed by atoms with E-state index < -0.39 is 0 Å². The van der Waals surface area contributed by atoms with Crippen LogP contribution in [0.4, 0.5) is 0 Å². The molecule has 0 aliphatic heterocycles. The van der Waals surface area contributed by atoms with E-state index in [2.05, 4.69) is 53.1 Å². The highest BCUT2D eigenvalue weighted by Crippen LogP contribution is 2.33. The molecule has 0 spiro atoms. The number of benzene rings is 2. The Bertz CT molecular complexity index is 1250. The summed E-state index contributed by atoms with van der Waals surface area (Å²) < 4.78 is 1.48. The summed E-state index contributed by atoms with van der Waals surface area (Å²) >= 11 is 1.40. The van der Waals surface area contributed by atoms with Crippen molar-refractivity contribution in [1.29, 1.82) is 0 Å². The molecule has 30 heavy (non-hydrogen) atoms. The van der Waals surface area contributed by atoms with Gasteiger partial charge in [-0.05, 0) is 30.0 Å². The number of aromatic amines is 1. The highest BCUT2D eigenvalue weighted by Gasteiger charge is 2.19. The lowest BCUT2D eigenvalue weighted by molar-refractivity contribution is 0.590. The van der Waals surface area contributed by atoms with Crippen molar-refractivity contribution in [3.8, 4) is 11.4 Å². The number of nitrogen functional groups attached to an aromatic ring is 1. The summed E-state index contributed by atoms with van der Waals surface area (Å²) in [7, 11) is 0. The second-order valence-electron chi connectivity index (χ2n) is 8.23. The topological polar surface area (TPSA) is 102 Å². The summed E-state index contributed by atoms with van der Waals surface area (Å²) in [5, 5.41) is 9.47. The lowest BCUT2D eigenvalue weighted by Crippen LogP contribution is -2.15. The van der Waals surface area contributed by atoms with Gasteiger partial charge in [0.15, 0.2) is 5.82 Å². The number of thioether (sulfide) groups is 1. The van der Waals surface area contributed by atoms with Crippen molar-refractivity contribution in [2.45, 2.75) is 43.5 Å². The van der Waals surface area contributed by atoms with Gasteiger partial charge in [0.25, 0.3) is 5.56 Å². The average Bonchev–Trinajstić information content (AvgIpc) is 3.07. The van der Waals surface area contributed by atoms with Gasteiger partial charge < -0.3 is 10.8 Å². The largest absolute Gasteiger partial charge is 0.335 e. The molecule has 0 aliphatic carbocycles. The van der Waals surface area contributed by atoms with Crippen LogP contribution in [0.5, 0.6) is 0 Å². The summed E-state index contributed by atoms with van der Waals surface area (Å²) in [6, 6.07) is 15.5. The Labute approximate surface area is 178 Å². The number of para-hydroxylation sites is 1. The normalized spacial score (nSPS) is 12.9. The maximum Gasteiger partial charge on any atom is 0.258 e. The standard InChI is InChI=1S/C22H24N6OS/c1-13(18-24-17-8-6-5-7-16(17)20(29)25-18)30-21-27-26-19(28(21)23)14-9-11-15(12-10-14)22(2,3)4/h5-13H,23H2,1-4H3,(H,24,25,29)/t13-/m1/s1. The van der Waals surface area contributed by atoms with Crippen LogP contribution < -0.4 is 11.4 Å². The average molecular weight is 421 g/mol. The number of nitrogens with zero attached hydrogens (tertiary/aromatic N) is 4.